The van der Waals surface area contributed by atoms with Gasteiger partial charge in [-0.2, -0.15) is 5.10 Å². The smallest absolute Gasteiger partial charge is 0.244 e. The van der Waals surface area contributed by atoms with Crippen molar-refractivity contribution < 1.29 is 13.9 Å². The van der Waals surface area contributed by atoms with Crippen LogP contribution in [0.25, 0.3) is 0 Å². The molecule has 0 heterocycles. The molecule has 30 heavy (non-hydrogen) atoms. The first kappa shape index (κ1) is 22.7. The fourth-order valence-corrected chi connectivity index (χ4v) is 4.77. The second kappa shape index (κ2) is 10.9. The number of halogens is 3. The summed E-state index contributed by atoms with van der Waals surface area (Å²) in [5.74, 6) is 0.238. The van der Waals surface area contributed by atoms with E-state index in [0.717, 1.165) is 29.6 Å². The van der Waals surface area contributed by atoms with Gasteiger partial charge >= 0.3 is 0 Å². The highest BCUT2D eigenvalue weighted by molar-refractivity contribution is 14.1. The topological polar surface area (TPSA) is 50.7 Å². The second-order valence-electron chi connectivity index (χ2n) is 6.68. The average Bonchev–Trinajstić information content (AvgIpc) is 2.70. The van der Waals surface area contributed by atoms with Crippen LogP contribution in [0.3, 0.4) is 0 Å². The quantitative estimate of drug-likeness (QED) is 0.210. The number of nitrogens with zero attached hydrogens (tertiary/aromatic N) is 1. The van der Waals surface area contributed by atoms with Crippen LogP contribution in [0.1, 0.15) is 22.3 Å². The summed E-state index contributed by atoms with van der Waals surface area (Å²) in [6.07, 6.45) is 1.73. The zero-order valence-corrected chi connectivity index (χ0v) is 20.5. The molecule has 4 nitrogen and oxygen atoms in total. The fourth-order valence-electron chi connectivity index (χ4n) is 2.64. The number of carbonyl (C=O) groups is 1. The van der Waals surface area contributed by atoms with Gasteiger partial charge in [-0.15, -0.1) is 0 Å². The van der Waals surface area contributed by atoms with Gasteiger partial charge in [0.25, 0.3) is 0 Å². The molecule has 1 N–H and O–H groups in total. The van der Waals surface area contributed by atoms with Crippen molar-refractivity contribution in [3.63, 3.8) is 0 Å². The number of benzene rings is 3. The Morgan fingerprint density at radius 2 is 1.63 bits per heavy atom. The maximum Gasteiger partial charge on any atom is 0.244 e. The summed E-state index contributed by atoms with van der Waals surface area (Å²) in [5, 5.41) is 4.02. The molecule has 0 aliphatic heterocycles. The zero-order chi connectivity index (χ0) is 21.5. The Kier molecular flexibility index (Phi) is 8.20. The Morgan fingerprint density at radius 3 is 2.27 bits per heavy atom. The van der Waals surface area contributed by atoms with Crippen molar-refractivity contribution in [2.24, 2.45) is 5.10 Å². The van der Waals surface area contributed by atoms with Gasteiger partial charge in [-0.3, -0.25) is 4.79 Å². The summed E-state index contributed by atoms with van der Waals surface area (Å²) in [7, 11) is 0. The third kappa shape index (κ3) is 6.76. The number of ether oxygens (including phenoxy) is 1. The van der Waals surface area contributed by atoms with Crippen molar-refractivity contribution in [2.45, 2.75) is 20.0 Å². The lowest BCUT2D eigenvalue weighted by molar-refractivity contribution is -0.120. The third-order valence-electron chi connectivity index (χ3n) is 4.21. The molecule has 3 aromatic rings. The number of rotatable bonds is 7. The zero-order valence-electron chi connectivity index (χ0n) is 16.2. The highest BCUT2D eigenvalue weighted by atomic mass is 127. The minimum atomic E-state index is -0.326. The summed E-state index contributed by atoms with van der Waals surface area (Å²) in [6.45, 7) is 2.56. The molecule has 0 saturated carbocycles. The van der Waals surface area contributed by atoms with Crippen LogP contribution in [-0.2, 0) is 17.8 Å². The molecule has 0 aliphatic carbocycles. The van der Waals surface area contributed by atoms with Gasteiger partial charge in [-0.25, -0.2) is 9.82 Å². The van der Waals surface area contributed by atoms with Gasteiger partial charge in [-0.05, 0) is 93.1 Å². The highest BCUT2D eigenvalue weighted by Gasteiger charge is 2.09. The van der Waals surface area contributed by atoms with Crippen LogP contribution in [0.2, 0.25) is 0 Å². The molecule has 1 amide bonds. The van der Waals surface area contributed by atoms with Crippen molar-refractivity contribution >= 4 is 57.3 Å². The van der Waals surface area contributed by atoms with Crippen molar-refractivity contribution in [3.8, 4) is 5.75 Å². The number of aryl methyl sites for hydroxylation is 1. The van der Waals surface area contributed by atoms with Gasteiger partial charge < -0.3 is 4.74 Å². The van der Waals surface area contributed by atoms with E-state index in [9.17, 15) is 9.18 Å². The predicted molar refractivity (Wildman–Crippen MR) is 133 cm³/mol. The number of hydrogen-bond donors (Lipinski definition) is 1. The van der Waals surface area contributed by atoms with Crippen LogP contribution in [0.4, 0.5) is 4.39 Å². The van der Waals surface area contributed by atoms with Gasteiger partial charge in [-0.1, -0.05) is 42.0 Å². The molecular weight excluding hydrogens is 609 g/mol. The van der Waals surface area contributed by atoms with Crippen LogP contribution in [-0.4, -0.2) is 12.1 Å². The van der Waals surface area contributed by atoms with Crippen LogP contribution < -0.4 is 10.2 Å². The molecule has 0 atom stereocenters. The molecule has 7 heteroatoms. The number of nitrogens with one attached hydrogen (secondary N) is 1. The van der Waals surface area contributed by atoms with E-state index in [1.54, 1.807) is 18.3 Å². The van der Waals surface area contributed by atoms with E-state index in [2.05, 4.69) is 86.9 Å². The molecule has 0 aliphatic rings. The molecule has 0 bridgehead atoms. The van der Waals surface area contributed by atoms with Gasteiger partial charge in [0.2, 0.25) is 5.91 Å². The summed E-state index contributed by atoms with van der Waals surface area (Å²) in [5.41, 5.74) is 6.41. The van der Waals surface area contributed by atoms with E-state index >= 15 is 0 Å². The Balaban J connectivity index is 1.57. The Bertz CT molecular complexity index is 1030. The normalized spacial score (nSPS) is 10.9. The van der Waals surface area contributed by atoms with E-state index in [1.807, 2.05) is 12.1 Å². The van der Waals surface area contributed by atoms with E-state index in [4.69, 9.17) is 4.74 Å². The fraction of sp³-hybridized carbons (Fsp3) is 0.130. The van der Waals surface area contributed by atoms with E-state index < -0.39 is 0 Å². The first-order valence-electron chi connectivity index (χ1n) is 9.14. The molecule has 0 fully saturated rings. The lowest BCUT2D eigenvalue weighted by atomic mass is 10.1. The lowest BCUT2D eigenvalue weighted by Crippen LogP contribution is -2.19. The molecule has 3 aromatic carbocycles. The van der Waals surface area contributed by atoms with E-state index in [-0.39, 0.29) is 18.1 Å². The summed E-state index contributed by atoms with van der Waals surface area (Å²) in [4.78, 5) is 12.0. The minimum absolute atomic E-state index is 0.137. The van der Waals surface area contributed by atoms with Crippen LogP contribution in [0, 0.1) is 19.9 Å². The third-order valence-corrected chi connectivity index (χ3v) is 5.81. The summed E-state index contributed by atoms with van der Waals surface area (Å²) in [6, 6.07) is 18.0. The maximum absolute atomic E-state index is 12.9. The van der Waals surface area contributed by atoms with Crippen LogP contribution >= 0.6 is 45.2 Å². The Labute approximate surface area is 202 Å². The number of carbonyl (C=O) groups excluding carboxylic acids is 1. The van der Waals surface area contributed by atoms with Gasteiger partial charge in [0.15, 0.2) is 0 Å². The largest absolute Gasteiger partial charge is 0.487 e. The Hall–Kier alpha value is -2.01. The Morgan fingerprint density at radius 1 is 1.03 bits per heavy atom. The molecule has 0 radical (unpaired) electrons. The maximum atomic E-state index is 12.9. The lowest BCUT2D eigenvalue weighted by Gasteiger charge is -2.11. The first-order valence-corrected chi connectivity index (χ1v) is 11.3. The van der Waals surface area contributed by atoms with Crippen LogP contribution in [0.5, 0.6) is 5.75 Å². The summed E-state index contributed by atoms with van der Waals surface area (Å²) < 4.78 is 20.9. The molecule has 154 valence electrons. The summed E-state index contributed by atoms with van der Waals surface area (Å²) >= 11 is 4.47. The SMILES string of the molecule is Cc1ccc(COc2c(I)cc(/C=N/NC(=O)Cc3ccc(F)cc3)cc2I)cc1. The number of amides is 1. The minimum Gasteiger partial charge on any atom is -0.487 e. The molecule has 0 spiro atoms. The molecule has 3 rings (SSSR count). The van der Waals surface area contributed by atoms with E-state index in [0.29, 0.717) is 6.61 Å². The van der Waals surface area contributed by atoms with Gasteiger partial charge in [0.1, 0.15) is 18.2 Å². The molecular formula is C23H19FI2N2O2. The molecule has 0 unspecified atom stereocenters. The number of hydrazone groups is 1. The monoisotopic (exact) mass is 628 g/mol. The standard InChI is InChI=1S/C23H19FI2N2O2/c1-15-2-4-17(5-3-15)14-30-23-20(25)10-18(11-21(23)26)13-27-28-22(29)12-16-6-8-19(24)9-7-16/h2-11,13H,12,14H2,1H3,(H,28,29)/b27-13+. The second-order valence-corrected chi connectivity index (χ2v) is 9.01. The number of hydrogen-bond acceptors (Lipinski definition) is 3. The highest BCUT2D eigenvalue weighted by Crippen LogP contribution is 2.29. The van der Waals surface area contributed by atoms with Crippen molar-refractivity contribution in [1.29, 1.82) is 0 Å². The van der Waals surface area contributed by atoms with Gasteiger partial charge in [0.05, 0.1) is 19.8 Å². The van der Waals surface area contributed by atoms with E-state index in [1.165, 1.54) is 17.7 Å². The van der Waals surface area contributed by atoms with Crippen molar-refractivity contribution in [1.82, 2.24) is 5.43 Å². The first-order chi connectivity index (χ1) is 14.4. The average molecular weight is 628 g/mol. The molecule has 0 aromatic heterocycles. The van der Waals surface area contributed by atoms with Gasteiger partial charge in [0, 0.05) is 0 Å². The molecule has 0 saturated heterocycles. The van der Waals surface area contributed by atoms with Crippen LogP contribution in [0.15, 0.2) is 65.8 Å². The van der Waals surface area contributed by atoms with Crippen molar-refractivity contribution in [2.75, 3.05) is 0 Å². The van der Waals surface area contributed by atoms with Crippen molar-refractivity contribution in [3.05, 3.63) is 95.9 Å². The predicted octanol–water partition coefficient (Wildman–Crippen LogP) is 5.62.